The van der Waals surface area contributed by atoms with Crippen LogP contribution < -0.4 is 0 Å². The van der Waals surface area contributed by atoms with E-state index in [0.29, 0.717) is 39.1 Å². The van der Waals surface area contributed by atoms with Crippen molar-refractivity contribution in [3.8, 4) is 0 Å². The molecular weight excluding hydrogens is 388 g/mol. The van der Waals surface area contributed by atoms with Gasteiger partial charge in [-0.05, 0) is 51.8 Å². The van der Waals surface area contributed by atoms with Crippen molar-refractivity contribution < 1.29 is 22.1 Å². The lowest BCUT2D eigenvalue weighted by Crippen LogP contribution is -2.48. The molecule has 0 fully saturated rings. The van der Waals surface area contributed by atoms with Gasteiger partial charge in [0, 0.05) is 45.1 Å². The Morgan fingerprint density at radius 3 is 1.32 bits per heavy atom. The minimum absolute atomic E-state index is 0.595. The van der Waals surface area contributed by atoms with Gasteiger partial charge in [0.1, 0.15) is 0 Å². The zero-order valence-electron chi connectivity index (χ0n) is 18.7. The molecule has 0 heterocycles. The molecule has 0 saturated carbocycles. The van der Waals surface area contributed by atoms with Crippen LogP contribution in [0.4, 0.5) is 0 Å². The standard InChI is InChI=1S/C21H40O5Si2/c1-7-17-27(22-8-2,23-9-3)18-20-13-15-21(16-14-20)19-28(24-10-4,25-11-5)26-12-6/h13-16H,7-12,17-19H2,1-6H3. The van der Waals surface area contributed by atoms with Gasteiger partial charge in [0.2, 0.25) is 0 Å². The summed E-state index contributed by atoms with van der Waals surface area (Å²) in [5, 5.41) is 0. The van der Waals surface area contributed by atoms with Crippen LogP contribution >= 0.6 is 0 Å². The lowest BCUT2D eigenvalue weighted by Gasteiger charge is -2.30. The third kappa shape index (κ3) is 8.06. The summed E-state index contributed by atoms with van der Waals surface area (Å²) in [5.74, 6) is 0. The minimum Gasteiger partial charge on any atom is -0.394 e. The second-order valence-electron chi connectivity index (χ2n) is 6.68. The van der Waals surface area contributed by atoms with Crippen molar-refractivity contribution in [2.75, 3.05) is 33.0 Å². The Morgan fingerprint density at radius 1 is 0.571 bits per heavy atom. The third-order valence-corrected chi connectivity index (χ3v) is 11.3. The lowest BCUT2D eigenvalue weighted by molar-refractivity contribution is 0.0704. The highest BCUT2D eigenvalue weighted by atomic mass is 28.4. The molecule has 0 atom stereocenters. The first-order chi connectivity index (χ1) is 13.5. The molecule has 28 heavy (non-hydrogen) atoms. The molecule has 0 amide bonds. The molecule has 0 N–H and O–H groups in total. The zero-order valence-corrected chi connectivity index (χ0v) is 20.7. The third-order valence-electron chi connectivity index (χ3n) is 4.46. The average Bonchev–Trinajstić information content (AvgIpc) is 2.65. The van der Waals surface area contributed by atoms with Gasteiger partial charge >= 0.3 is 17.4 Å². The Hall–Kier alpha value is -0.546. The molecule has 5 nitrogen and oxygen atoms in total. The van der Waals surface area contributed by atoms with Crippen LogP contribution in [0, 0.1) is 0 Å². The first kappa shape index (κ1) is 25.5. The van der Waals surface area contributed by atoms with Crippen molar-refractivity contribution in [2.24, 2.45) is 0 Å². The first-order valence-corrected chi connectivity index (χ1v) is 15.0. The highest BCUT2D eigenvalue weighted by molar-refractivity contribution is 6.66. The predicted molar refractivity (Wildman–Crippen MR) is 119 cm³/mol. The van der Waals surface area contributed by atoms with E-state index in [-0.39, 0.29) is 0 Å². The Balaban J connectivity index is 2.95. The van der Waals surface area contributed by atoms with Crippen molar-refractivity contribution in [1.82, 2.24) is 0 Å². The topological polar surface area (TPSA) is 46.2 Å². The van der Waals surface area contributed by atoms with E-state index < -0.39 is 17.4 Å². The van der Waals surface area contributed by atoms with Gasteiger partial charge in [0.25, 0.3) is 0 Å². The molecule has 0 aromatic heterocycles. The summed E-state index contributed by atoms with van der Waals surface area (Å²) in [4.78, 5) is 0. The van der Waals surface area contributed by atoms with E-state index in [1.807, 2.05) is 20.8 Å². The van der Waals surface area contributed by atoms with E-state index in [1.165, 1.54) is 11.1 Å². The molecule has 1 aromatic rings. The van der Waals surface area contributed by atoms with Crippen LogP contribution in [0.5, 0.6) is 0 Å². The number of hydrogen-bond acceptors (Lipinski definition) is 5. The normalized spacial score (nSPS) is 12.5. The zero-order chi connectivity index (χ0) is 20.9. The summed E-state index contributed by atoms with van der Waals surface area (Å²) >= 11 is 0. The van der Waals surface area contributed by atoms with Gasteiger partial charge in [0.15, 0.2) is 0 Å². The summed E-state index contributed by atoms with van der Waals surface area (Å²) in [7, 11) is -4.88. The summed E-state index contributed by atoms with van der Waals surface area (Å²) in [6.45, 7) is 15.5. The van der Waals surface area contributed by atoms with Crippen LogP contribution in [0.15, 0.2) is 24.3 Å². The van der Waals surface area contributed by atoms with Crippen LogP contribution in [0.3, 0.4) is 0 Å². The Morgan fingerprint density at radius 2 is 0.964 bits per heavy atom. The Kier molecular flexibility index (Phi) is 12.4. The predicted octanol–water partition coefficient (Wildman–Crippen LogP) is 4.82. The van der Waals surface area contributed by atoms with Gasteiger partial charge < -0.3 is 22.1 Å². The molecule has 1 aromatic carbocycles. The van der Waals surface area contributed by atoms with Gasteiger partial charge in [-0.15, -0.1) is 0 Å². The van der Waals surface area contributed by atoms with E-state index in [4.69, 9.17) is 22.1 Å². The molecule has 1 rings (SSSR count). The molecule has 162 valence electrons. The highest BCUT2D eigenvalue weighted by Crippen LogP contribution is 2.23. The maximum absolute atomic E-state index is 6.18. The molecule has 0 aliphatic heterocycles. The van der Waals surface area contributed by atoms with E-state index in [0.717, 1.165) is 18.5 Å². The average molecular weight is 429 g/mol. The maximum atomic E-state index is 6.18. The summed E-state index contributed by atoms with van der Waals surface area (Å²) in [6.07, 6.45) is 1.08. The summed E-state index contributed by atoms with van der Waals surface area (Å²) < 4.78 is 30.3. The van der Waals surface area contributed by atoms with E-state index in [1.54, 1.807) is 0 Å². The molecular formula is C21H40O5Si2. The second-order valence-corrected chi connectivity index (χ2v) is 12.5. The fraction of sp³-hybridized carbons (Fsp3) is 0.714. The smallest absolute Gasteiger partial charge is 0.394 e. The van der Waals surface area contributed by atoms with E-state index >= 15 is 0 Å². The van der Waals surface area contributed by atoms with Crippen molar-refractivity contribution >= 4 is 17.4 Å². The van der Waals surface area contributed by atoms with Gasteiger partial charge in [-0.2, -0.15) is 0 Å². The van der Waals surface area contributed by atoms with Crippen LogP contribution in [-0.4, -0.2) is 50.4 Å². The minimum atomic E-state index is -2.68. The lowest BCUT2D eigenvalue weighted by atomic mass is 10.2. The SMILES string of the molecule is CCC[Si](Cc1ccc(C[Si](OCC)(OCC)OCC)cc1)(OCC)OCC. The van der Waals surface area contributed by atoms with Crippen LogP contribution in [0.25, 0.3) is 0 Å². The number of benzene rings is 1. The second kappa shape index (κ2) is 13.6. The molecule has 0 saturated heterocycles. The molecule has 0 unspecified atom stereocenters. The van der Waals surface area contributed by atoms with Gasteiger partial charge in [-0.25, -0.2) is 0 Å². The first-order valence-electron chi connectivity index (χ1n) is 10.8. The fourth-order valence-electron chi connectivity index (χ4n) is 3.56. The molecule has 0 spiro atoms. The Labute approximate surface area is 174 Å². The highest BCUT2D eigenvalue weighted by Gasteiger charge is 2.41. The van der Waals surface area contributed by atoms with Crippen LogP contribution in [-0.2, 0) is 34.2 Å². The van der Waals surface area contributed by atoms with Gasteiger partial charge in [0.05, 0.1) is 0 Å². The van der Waals surface area contributed by atoms with Crippen molar-refractivity contribution in [1.29, 1.82) is 0 Å². The molecule has 7 heteroatoms. The number of rotatable bonds is 16. The van der Waals surface area contributed by atoms with E-state index in [2.05, 4.69) is 45.0 Å². The van der Waals surface area contributed by atoms with E-state index in [9.17, 15) is 0 Å². The van der Waals surface area contributed by atoms with Crippen molar-refractivity contribution in [2.45, 2.75) is 66.1 Å². The molecule has 0 bridgehead atoms. The van der Waals surface area contributed by atoms with Crippen LogP contribution in [0.2, 0.25) is 6.04 Å². The van der Waals surface area contributed by atoms with Gasteiger partial charge in [-0.1, -0.05) is 37.6 Å². The van der Waals surface area contributed by atoms with Crippen molar-refractivity contribution in [3.05, 3.63) is 35.4 Å². The Bertz CT molecular complexity index is 443. The molecule has 0 aliphatic carbocycles. The fourth-order valence-corrected chi connectivity index (χ4v) is 9.59. The van der Waals surface area contributed by atoms with Gasteiger partial charge in [-0.3, -0.25) is 0 Å². The quantitative estimate of drug-likeness (QED) is 0.353. The summed E-state index contributed by atoms with van der Waals surface area (Å²) in [5.41, 5.74) is 2.45. The maximum Gasteiger partial charge on any atom is 0.505 e. The monoisotopic (exact) mass is 428 g/mol. The molecule has 0 aliphatic rings. The number of hydrogen-bond donors (Lipinski definition) is 0. The molecule has 0 radical (unpaired) electrons. The largest absolute Gasteiger partial charge is 0.505 e. The summed E-state index contributed by atoms with van der Waals surface area (Å²) in [6, 6.07) is 11.3. The van der Waals surface area contributed by atoms with Crippen molar-refractivity contribution in [3.63, 3.8) is 0 Å². The van der Waals surface area contributed by atoms with Crippen LogP contribution in [0.1, 0.15) is 59.1 Å².